The predicted molar refractivity (Wildman–Crippen MR) is 114 cm³/mol. The molecule has 0 amide bonds. The molecule has 0 heterocycles. The van der Waals surface area contributed by atoms with Gasteiger partial charge in [-0.05, 0) is 32.1 Å². The second-order valence-corrected chi connectivity index (χ2v) is 8.76. The van der Waals surface area contributed by atoms with E-state index in [4.69, 9.17) is 9.47 Å². The number of hydrogen-bond donors (Lipinski definition) is 0. The SMILES string of the molecule is CCCCCCCC(CCC(=O)OCCCC)(CCC(=O)OCCCC)P=O. The molecule has 0 N–H and O–H groups in total. The summed E-state index contributed by atoms with van der Waals surface area (Å²) in [7, 11) is 0.0130. The van der Waals surface area contributed by atoms with E-state index in [-0.39, 0.29) is 33.2 Å². The maximum atomic E-state index is 12.1. The molecule has 0 aromatic rings. The summed E-state index contributed by atoms with van der Waals surface area (Å²) < 4.78 is 22.6. The molecule has 0 fully saturated rings. The van der Waals surface area contributed by atoms with Gasteiger partial charge in [0.05, 0.1) is 18.4 Å². The summed E-state index contributed by atoms with van der Waals surface area (Å²) in [5.74, 6) is -0.476. The lowest BCUT2D eigenvalue weighted by molar-refractivity contribution is -0.144. The third-order valence-corrected chi connectivity index (χ3v) is 6.11. The van der Waals surface area contributed by atoms with E-state index < -0.39 is 5.16 Å². The van der Waals surface area contributed by atoms with E-state index in [1.165, 1.54) is 19.3 Å². The van der Waals surface area contributed by atoms with E-state index in [0.29, 0.717) is 26.1 Å². The third kappa shape index (κ3) is 14.1. The quantitative estimate of drug-likeness (QED) is 0.134. The standard InChI is InChI=1S/C22H41O5P/c1-4-7-10-11-12-15-22(28-25,16-13-20(23)26-18-8-5-2)17-14-21(24)27-19-9-6-3/h4-19H2,1-3H3. The molecule has 0 aromatic heterocycles. The summed E-state index contributed by atoms with van der Waals surface area (Å²) in [4.78, 5) is 24.0. The Labute approximate surface area is 173 Å². The molecule has 0 saturated carbocycles. The van der Waals surface area contributed by atoms with Gasteiger partial charge >= 0.3 is 11.9 Å². The van der Waals surface area contributed by atoms with E-state index in [1.807, 2.05) is 13.8 Å². The van der Waals surface area contributed by atoms with Gasteiger partial charge in [0, 0.05) is 12.8 Å². The van der Waals surface area contributed by atoms with Crippen molar-refractivity contribution in [3.63, 3.8) is 0 Å². The van der Waals surface area contributed by atoms with Crippen molar-refractivity contribution in [1.29, 1.82) is 0 Å². The summed E-state index contributed by atoms with van der Waals surface area (Å²) in [6.07, 6.45) is 11.5. The highest BCUT2D eigenvalue weighted by Gasteiger charge is 2.32. The van der Waals surface area contributed by atoms with Crippen molar-refractivity contribution in [2.24, 2.45) is 0 Å². The van der Waals surface area contributed by atoms with E-state index in [1.54, 1.807) is 0 Å². The van der Waals surface area contributed by atoms with E-state index in [2.05, 4.69) is 6.92 Å². The van der Waals surface area contributed by atoms with Crippen LogP contribution in [0, 0.1) is 0 Å². The first-order chi connectivity index (χ1) is 13.5. The molecular weight excluding hydrogens is 375 g/mol. The number of carbonyl (C=O) groups excluding carboxylic acids is 2. The smallest absolute Gasteiger partial charge is 0.305 e. The second-order valence-electron chi connectivity index (χ2n) is 7.63. The fourth-order valence-corrected chi connectivity index (χ4v) is 3.70. The first-order valence-electron chi connectivity index (χ1n) is 11.2. The van der Waals surface area contributed by atoms with Crippen molar-refractivity contribution in [3.05, 3.63) is 0 Å². The zero-order chi connectivity index (χ0) is 21.1. The third-order valence-electron chi connectivity index (χ3n) is 5.05. The highest BCUT2D eigenvalue weighted by Crippen LogP contribution is 2.39. The molecule has 6 heteroatoms. The van der Waals surface area contributed by atoms with Crippen LogP contribution >= 0.6 is 8.46 Å². The van der Waals surface area contributed by atoms with Crippen LogP contribution in [0.15, 0.2) is 0 Å². The predicted octanol–water partition coefficient (Wildman–Crippen LogP) is 6.62. The van der Waals surface area contributed by atoms with Gasteiger partial charge in [-0.2, -0.15) is 0 Å². The van der Waals surface area contributed by atoms with Crippen LogP contribution in [0.25, 0.3) is 0 Å². The van der Waals surface area contributed by atoms with Crippen LogP contribution in [0.3, 0.4) is 0 Å². The molecule has 0 atom stereocenters. The maximum absolute atomic E-state index is 12.1. The van der Waals surface area contributed by atoms with Gasteiger partial charge in [-0.15, -0.1) is 0 Å². The van der Waals surface area contributed by atoms with Gasteiger partial charge in [-0.1, -0.05) is 65.7 Å². The average molecular weight is 417 g/mol. The molecule has 0 saturated heterocycles. The lowest BCUT2D eigenvalue weighted by Crippen LogP contribution is -2.25. The van der Waals surface area contributed by atoms with Gasteiger partial charge in [-0.25, -0.2) is 0 Å². The second kappa shape index (κ2) is 18.1. The number of esters is 2. The molecule has 0 bridgehead atoms. The van der Waals surface area contributed by atoms with Crippen molar-refractivity contribution in [3.8, 4) is 0 Å². The average Bonchev–Trinajstić information content (AvgIpc) is 2.70. The Kier molecular flexibility index (Phi) is 17.5. The van der Waals surface area contributed by atoms with Gasteiger partial charge in [0.25, 0.3) is 0 Å². The number of rotatable bonds is 19. The zero-order valence-corrected chi connectivity index (χ0v) is 19.2. The van der Waals surface area contributed by atoms with Crippen LogP contribution in [0.5, 0.6) is 0 Å². The largest absolute Gasteiger partial charge is 0.466 e. The number of unbranched alkanes of at least 4 members (excludes halogenated alkanes) is 6. The summed E-state index contributed by atoms with van der Waals surface area (Å²) >= 11 is 0. The summed E-state index contributed by atoms with van der Waals surface area (Å²) in [6, 6.07) is 0. The molecular formula is C22H41O5P. The number of ether oxygens (including phenoxy) is 2. The molecule has 0 aliphatic carbocycles. The lowest BCUT2D eigenvalue weighted by Gasteiger charge is -2.26. The van der Waals surface area contributed by atoms with Crippen LogP contribution in [-0.2, 0) is 23.6 Å². The Morgan fingerprint density at radius 3 is 1.57 bits per heavy atom. The van der Waals surface area contributed by atoms with E-state index in [0.717, 1.165) is 44.9 Å². The molecule has 0 spiro atoms. The topological polar surface area (TPSA) is 69.7 Å². The van der Waals surface area contributed by atoms with Gasteiger partial charge in [0.15, 0.2) is 8.46 Å². The Balaban J connectivity index is 4.64. The van der Waals surface area contributed by atoms with Gasteiger partial charge < -0.3 is 9.47 Å². The van der Waals surface area contributed by atoms with Gasteiger partial charge in [0.2, 0.25) is 0 Å². The molecule has 0 rings (SSSR count). The fourth-order valence-electron chi connectivity index (χ4n) is 3.04. The van der Waals surface area contributed by atoms with Crippen molar-refractivity contribution >= 4 is 20.4 Å². The minimum Gasteiger partial charge on any atom is -0.466 e. The highest BCUT2D eigenvalue weighted by atomic mass is 31.1. The molecule has 0 unspecified atom stereocenters. The molecule has 5 nitrogen and oxygen atoms in total. The van der Waals surface area contributed by atoms with Crippen molar-refractivity contribution < 1.29 is 23.6 Å². The van der Waals surface area contributed by atoms with Crippen molar-refractivity contribution in [2.45, 2.75) is 116 Å². The number of carbonyl (C=O) groups is 2. The summed E-state index contributed by atoms with van der Waals surface area (Å²) in [6.45, 7) is 7.16. The Morgan fingerprint density at radius 1 is 0.679 bits per heavy atom. The summed E-state index contributed by atoms with van der Waals surface area (Å²) in [5.41, 5.74) is 0. The van der Waals surface area contributed by atoms with Crippen LogP contribution < -0.4 is 0 Å². The Morgan fingerprint density at radius 2 is 1.14 bits per heavy atom. The first kappa shape index (κ1) is 27.0. The fraction of sp³-hybridized carbons (Fsp3) is 0.909. The van der Waals surface area contributed by atoms with Crippen molar-refractivity contribution in [1.82, 2.24) is 0 Å². The molecule has 0 aromatic carbocycles. The molecule has 0 aliphatic heterocycles. The van der Waals surface area contributed by atoms with E-state index >= 15 is 0 Å². The minimum absolute atomic E-state index is 0.0130. The van der Waals surface area contributed by atoms with Crippen LogP contribution in [0.4, 0.5) is 0 Å². The van der Waals surface area contributed by atoms with Crippen LogP contribution in [-0.4, -0.2) is 30.3 Å². The highest BCUT2D eigenvalue weighted by molar-refractivity contribution is 7.26. The minimum atomic E-state index is -0.542. The molecule has 0 aliphatic rings. The van der Waals surface area contributed by atoms with Crippen LogP contribution in [0.1, 0.15) is 111 Å². The number of hydrogen-bond acceptors (Lipinski definition) is 5. The van der Waals surface area contributed by atoms with E-state index in [9.17, 15) is 14.2 Å². The zero-order valence-electron chi connectivity index (χ0n) is 18.3. The van der Waals surface area contributed by atoms with Gasteiger partial charge in [-0.3, -0.25) is 14.2 Å². The Hall–Kier alpha value is -0.960. The lowest BCUT2D eigenvalue weighted by atomic mass is 9.90. The summed E-state index contributed by atoms with van der Waals surface area (Å²) in [5, 5.41) is -0.542. The monoisotopic (exact) mass is 416 g/mol. The Bertz CT molecular complexity index is 399. The van der Waals surface area contributed by atoms with Crippen molar-refractivity contribution in [2.75, 3.05) is 13.2 Å². The normalized spacial score (nSPS) is 11.5. The van der Waals surface area contributed by atoms with Crippen LogP contribution in [0.2, 0.25) is 0 Å². The molecule has 0 radical (unpaired) electrons. The first-order valence-corrected chi connectivity index (χ1v) is 12.0. The molecule has 164 valence electrons. The maximum Gasteiger partial charge on any atom is 0.305 e. The van der Waals surface area contributed by atoms with Gasteiger partial charge in [0.1, 0.15) is 0 Å². The molecule has 28 heavy (non-hydrogen) atoms.